The lowest BCUT2D eigenvalue weighted by molar-refractivity contribution is -0.286. The zero-order valence-electron chi connectivity index (χ0n) is 16.3. The maximum absolute atomic E-state index is 13.3. The van der Waals surface area contributed by atoms with E-state index in [9.17, 15) is 23.5 Å². The van der Waals surface area contributed by atoms with Gasteiger partial charge >= 0.3 is 18.4 Å². The predicted molar refractivity (Wildman–Crippen MR) is 108 cm³/mol. The average molecular weight is 439 g/mol. The number of carboxylic acid groups (broad SMARTS) is 1. The number of carbonyl (C=O) groups is 2. The molecule has 1 heterocycles. The monoisotopic (exact) mass is 439 g/mol. The first-order valence-corrected chi connectivity index (χ1v) is 9.61. The number of alkyl halides is 2. The Labute approximate surface area is 180 Å². The number of carboxylic acids is 1. The number of halogens is 2. The number of fused-ring (bicyclic) bond motifs is 4. The summed E-state index contributed by atoms with van der Waals surface area (Å²) in [6, 6.07) is 17.4. The van der Waals surface area contributed by atoms with Crippen LogP contribution in [0.1, 0.15) is 27.4 Å². The van der Waals surface area contributed by atoms with E-state index in [1.54, 1.807) is 0 Å². The molecule has 1 aliphatic carbocycles. The second-order valence-electron chi connectivity index (χ2n) is 7.27. The number of aromatic carboxylic acids is 1. The minimum absolute atomic E-state index is 0.00485. The lowest BCUT2D eigenvalue weighted by atomic mass is 9.98. The first-order chi connectivity index (χ1) is 15.3. The van der Waals surface area contributed by atoms with Gasteiger partial charge in [0.05, 0.1) is 11.3 Å². The van der Waals surface area contributed by atoms with Crippen molar-refractivity contribution in [3.63, 3.8) is 0 Å². The van der Waals surface area contributed by atoms with Gasteiger partial charge in [0, 0.05) is 18.1 Å². The first-order valence-electron chi connectivity index (χ1n) is 9.61. The summed E-state index contributed by atoms with van der Waals surface area (Å²) in [4.78, 5) is 24.0. The summed E-state index contributed by atoms with van der Waals surface area (Å²) in [5, 5.41) is 11.7. The van der Waals surface area contributed by atoms with Crippen LogP contribution in [0.5, 0.6) is 11.5 Å². The molecule has 32 heavy (non-hydrogen) atoms. The summed E-state index contributed by atoms with van der Waals surface area (Å²) in [6.07, 6.45) is -4.85. The molecule has 7 nitrogen and oxygen atoms in total. The van der Waals surface area contributed by atoms with Gasteiger partial charge in [0.1, 0.15) is 6.61 Å². The van der Waals surface area contributed by atoms with Crippen molar-refractivity contribution in [1.82, 2.24) is 0 Å². The second kappa shape index (κ2) is 7.23. The predicted octanol–water partition coefficient (Wildman–Crippen LogP) is 5.07. The van der Waals surface area contributed by atoms with E-state index >= 15 is 0 Å². The molecule has 3 aromatic carbocycles. The second-order valence-corrected chi connectivity index (χ2v) is 7.27. The summed E-state index contributed by atoms with van der Waals surface area (Å²) in [5.74, 6) is -2.47. The molecule has 0 spiro atoms. The van der Waals surface area contributed by atoms with Crippen LogP contribution in [0.15, 0.2) is 60.7 Å². The van der Waals surface area contributed by atoms with Crippen molar-refractivity contribution in [2.75, 3.05) is 11.9 Å². The highest BCUT2D eigenvalue weighted by Gasteiger charge is 2.44. The topological polar surface area (TPSA) is 94.1 Å². The molecule has 0 aromatic heterocycles. The van der Waals surface area contributed by atoms with Crippen LogP contribution in [-0.2, 0) is 4.74 Å². The lowest BCUT2D eigenvalue weighted by Gasteiger charge is -2.15. The molecule has 0 atom stereocenters. The molecule has 1 aliphatic heterocycles. The van der Waals surface area contributed by atoms with E-state index in [-0.39, 0.29) is 18.2 Å². The van der Waals surface area contributed by atoms with Gasteiger partial charge in [-0.15, -0.1) is 8.78 Å². The fourth-order valence-corrected chi connectivity index (χ4v) is 4.02. The van der Waals surface area contributed by atoms with Crippen molar-refractivity contribution in [3.8, 4) is 22.6 Å². The zero-order chi connectivity index (χ0) is 22.5. The third kappa shape index (κ3) is 3.37. The lowest BCUT2D eigenvalue weighted by Crippen LogP contribution is -2.25. The average Bonchev–Trinajstić information content (AvgIpc) is 3.24. The van der Waals surface area contributed by atoms with E-state index in [2.05, 4.69) is 14.8 Å². The quantitative estimate of drug-likeness (QED) is 0.590. The Kier molecular flexibility index (Phi) is 4.47. The molecule has 0 saturated heterocycles. The van der Waals surface area contributed by atoms with Crippen LogP contribution < -0.4 is 14.8 Å². The van der Waals surface area contributed by atoms with Gasteiger partial charge in [-0.2, -0.15) is 0 Å². The number of carbonyl (C=O) groups excluding carboxylic acids is 1. The fourth-order valence-electron chi connectivity index (χ4n) is 4.02. The summed E-state index contributed by atoms with van der Waals surface area (Å²) >= 11 is 0. The molecule has 2 N–H and O–H groups in total. The fraction of sp³-hybridized carbons (Fsp3) is 0.130. The molecule has 0 bridgehead atoms. The molecule has 2 aliphatic rings. The smallest absolute Gasteiger partial charge is 0.478 e. The number of hydrogen-bond donors (Lipinski definition) is 2. The maximum Gasteiger partial charge on any atom is 0.586 e. The van der Waals surface area contributed by atoms with Crippen molar-refractivity contribution in [2.24, 2.45) is 0 Å². The van der Waals surface area contributed by atoms with E-state index in [1.807, 2.05) is 48.5 Å². The van der Waals surface area contributed by atoms with Crippen LogP contribution in [0.25, 0.3) is 11.1 Å². The molecular weight excluding hydrogens is 424 g/mol. The normalized spacial score (nSPS) is 15.1. The van der Waals surface area contributed by atoms with E-state index in [4.69, 9.17) is 4.74 Å². The van der Waals surface area contributed by atoms with E-state index in [0.29, 0.717) is 0 Å². The highest BCUT2D eigenvalue weighted by molar-refractivity contribution is 6.00. The first kappa shape index (κ1) is 19.8. The number of rotatable bonds is 4. The Morgan fingerprint density at radius 1 is 0.969 bits per heavy atom. The van der Waals surface area contributed by atoms with Gasteiger partial charge in [0.2, 0.25) is 0 Å². The van der Waals surface area contributed by atoms with Gasteiger partial charge in [-0.3, -0.25) is 5.32 Å². The molecule has 162 valence electrons. The summed E-state index contributed by atoms with van der Waals surface area (Å²) in [5.41, 5.74) is 3.44. The number of nitrogens with one attached hydrogen (secondary N) is 1. The van der Waals surface area contributed by atoms with Crippen LogP contribution in [0.4, 0.5) is 19.3 Å². The van der Waals surface area contributed by atoms with Crippen LogP contribution in [0, 0.1) is 0 Å². The molecule has 5 rings (SSSR count). The van der Waals surface area contributed by atoms with Crippen molar-refractivity contribution in [3.05, 3.63) is 77.4 Å². The SMILES string of the molecule is O=C(Nc1cc2c(cc1C(=O)O)OC(F)(F)O2)OCC1c2ccccc2-c2ccccc21. The third-order valence-electron chi connectivity index (χ3n) is 5.35. The van der Waals surface area contributed by atoms with Crippen LogP contribution in [0.2, 0.25) is 0 Å². The van der Waals surface area contributed by atoms with Crippen molar-refractivity contribution in [2.45, 2.75) is 12.2 Å². The third-order valence-corrected chi connectivity index (χ3v) is 5.35. The Morgan fingerprint density at radius 2 is 1.53 bits per heavy atom. The van der Waals surface area contributed by atoms with Crippen LogP contribution in [0.3, 0.4) is 0 Å². The number of amides is 1. The molecule has 0 saturated carbocycles. The highest BCUT2D eigenvalue weighted by Crippen LogP contribution is 2.45. The number of benzene rings is 3. The number of ether oxygens (including phenoxy) is 3. The van der Waals surface area contributed by atoms with Gasteiger partial charge in [0.25, 0.3) is 0 Å². The summed E-state index contributed by atoms with van der Waals surface area (Å²) < 4.78 is 40.6. The Hall–Kier alpha value is -4.14. The molecule has 0 radical (unpaired) electrons. The summed E-state index contributed by atoms with van der Waals surface area (Å²) in [6.45, 7) is 0.00485. The largest absolute Gasteiger partial charge is 0.586 e. The van der Waals surface area contributed by atoms with Crippen LogP contribution >= 0.6 is 0 Å². The minimum atomic E-state index is -3.92. The summed E-state index contributed by atoms with van der Waals surface area (Å²) in [7, 11) is 0. The standard InChI is InChI=1S/C23H15F2NO6/c24-23(25)31-19-9-16(21(27)28)18(10-20(19)32-23)26-22(29)30-11-17-14-7-3-1-5-12(14)13-6-2-4-8-15(13)17/h1-10,17H,11H2,(H,26,29)(H,27,28). The Morgan fingerprint density at radius 3 is 2.12 bits per heavy atom. The molecule has 9 heteroatoms. The van der Waals surface area contributed by atoms with Gasteiger partial charge in [-0.1, -0.05) is 48.5 Å². The Bertz CT molecular complexity index is 1210. The maximum atomic E-state index is 13.3. The minimum Gasteiger partial charge on any atom is -0.478 e. The van der Waals surface area contributed by atoms with E-state index in [1.165, 1.54) is 0 Å². The van der Waals surface area contributed by atoms with Gasteiger partial charge in [-0.25, -0.2) is 9.59 Å². The molecule has 0 fully saturated rings. The van der Waals surface area contributed by atoms with Crippen molar-refractivity contribution < 1.29 is 37.7 Å². The van der Waals surface area contributed by atoms with Gasteiger partial charge in [0.15, 0.2) is 11.5 Å². The number of anilines is 1. The van der Waals surface area contributed by atoms with E-state index < -0.39 is 35.4 Å². The molecule has 1 amide bonds. The Balaban J connectivity index is 1.35. The molecule has 0 unspecified atom stereocenters. The van der Waals surface area contributed by atoms with Crippen molar-refractivity contribution in [1.29, 1.82) is 0 Å². The van der Waals surface area contributed by atoms with Gasteiger partial charge < -0.3 is 19.3 Å². The van der Waals surface area contributed by atoms with Gasteiger partial charge in [-0.05, 0) is 22.3 Å². The van der Waals surface area contributed by atoms with Crippen molar-refractivity contribution >= 4 is 17.7 Å². The molecule has 3 aromatic rings. The number of hydrogen-bond acceptors (Lipinski definition) is 5. The van der Waals surface area contributed by atoms with E-state index in [0.717, 1.165) is 34.4 Å². The zero-order valence-corrected chi connectivity index (χ0v) is 16.3. The molecular formula is C23H15F2NO6. The highest BCUT2D eigenvalue weighted by atomic mass is 19.3. The van der Waals surface area contributed by atoms with Crippen LogP contribution in [-0.4, -0.2) is 30.1 Å².